The number of pyridine rings is 1. The zero-order chi connectivity index (χ0) is 24.3. The van der Waals surface area contributed by atoms with Gasteiger partial charge in [-0.05, 0) is 36.4 Å². The van der Waals surface area contributed by atoms with Crippen LogP contribution in [0.15, 0.2) is 83.1 Å². The number of hydrogen-bond donors (Lipinski definition) is 3. The lowest BCUT2D eigenvalue weighted by Gasteiger charge is -2.09. The first kappa shape index (κ1) is 22.9. The van der Waals surface area contributed by atoms with E-state index in [4.69, 9.17) is 5.73 Å². The summed E-state index contributed by atoms with van der Waals surface area (Å²) in [6.45, 7) is 0. The molecule has 2 heterocycles. The molecule has 4 aromatic rings. The van der Waals surface area contributed by atoms with Crippen LogP contribution < -0.4 is 10.5 Å². The van der Waals surface area contributed by atoms with Crippen molar-refractivity contribution in [2.75, 3.05) is 11.8 Å². The first-order valence-electron chi connectivity index (χ1n) is 10.1. The minimum atomic E-state index is -4.04. The quantitative estimate of drug-likeness (QED) is 0.276. The van der Waals surface area contributed by atoms with E-state index < -0.39 is 15.8 Å². The SMILES string of the molecule is CN=CC(=CN)c1cnc2[nH]cc(C(=O)c3cccc(NS(=O)(=O)c4cccc(F)c4)c3)c2c1. The monoisotopic (exact) mass is 477 g/mol. The maximum Gasteiger partial charge on any atom is 0.261 e. The summed E-state index contributed by atoms with van der Waals surface area (Å²) in [4.78, 5) is 24.4. The Bertz CT molecular complexity index is 1560. The number of aromatic nitrogens is 2. The number of rotatable bonds is 7. The predicted molar refractivity (Wildman–Crippen MR) is 130 cm³/mol. The Morgan fingerprint density at radius 3 is 2.68 bits per heavy atom. The summed E-state index contributed by atoms with van der Waals surface area (Å²) in [6.07, 6.45) is 6.16. The minimum absolute atomic E-state index is 0.168. The van der Waals surface area contributed by atoms with Gasteiger partial charge in [-0.1, -0.05) is 18.2 Å². The van der Waals surface area contributed by atoms with Gasteiger partial charge in [-0.25, -0.2) is 17.8 Å². The summed E-state index contributed by atoms with van der Waals surface area (Å²) in [6, 6.07) is 12.5. The molecule has 0 bridgehead atoms. The number of nitrogens with two attached hydrogens (primary N) is 1. The van der Waals surface area contributed by atoms with Gasteiger partial charge in [0.1, 0.15) is 11.5 Å². The second-order valence-electron chi connectivity index (χ2n) is 7.30. The molecule has 10 heteroatoms. The highest BCUT2D eigenvalue weighted by molar-refractivity contribution is 7.92. The topological polar surface area (TPSA) is 130 Å². The molecule has 0 aliphatic carbocycles. The van der Waals surface area contributed by atoms with Crippen molar-refractivity contribution in [3.8, 4) is 0 Å². The van der Waals surface area contributed by atoms with Crippen molar-refractivity contribution < 1.29 is 17.6 Å². The Kier molecular flexibility index (Phi) is 6.24. The van der Waals surface area contributed by atoms with Gasteiger partial charge < -0.3 is 10.7 Å². The van der Waals surface area contributed by atoms with E-state index in [9.17, 15) is 17.6 Å². The molecule has 0 fully saturated rings. The Labute approximate surface area is 195 Å². The van der Waals surface area contributed by atoms with Crippen molar-refractivity contribution >= 4 is 44.3 Å². The predicted octanol–water partition coefficient (Wildman–Crippen LogP) is 3.73. The molecule has 0 radical (unpaired) electrons. The molecular weight excluding hydrogens is 457 g/mol. The van der Waals surface area contributed by atoms with Gasteiger partial charge in [-0.2, -0.15) is 0 Å². The van der Waals surface area contributed by atoms with Crippen LogP contribution >= 0.6 is 0 Å². The second kappa shape index (κ2) is 9.28. The fourth-order valence-electron chi connectivity index (χ4n) is 3.43. The summed E-state index contributed by atoms with van der Waals surface area (Å²) in [7, 11) is -2.42. The van der Waals surface area contributed by atoms with Crippen molar-refractivity contribution in [2.45, 2.75) is 4.90 Å². The van der Waals surface area contributed by atoms with E-state index in [2.05, 4.69) is 19.7 Å². The van der Waals surface area contributed by atoms with Crippen LogP contribution in [0.1, 0.15) is 21.5 Å². The number of benzene rings is 2. The average Bonchev–Trinajstić information content (AvgIpc) is 3.25. The molecule has 0 aliphatic rings. The lowest BCUT2D eigenvalue weighted by molar-refractivity contribution is 0.104. The van der Waals surface area contributed by atoms with Gasteiger partial charge in [0.15, 0.2) is 5.78 Å². The fraction of sp³-hybridized carbons (Fsp3) is 0.0417. The molecule has 2 aromatic carbocycles. The number of hydrogen-bond acceptors (Lipinski definition) is 6. The van der Waals surface area contributed by atoms with Gasteiger partial charge in [0.05, 0.1) is 4.90 Å². The molecule has 0 unspecified atom stereocenters. The molecule has 2 aromatic heterocycles. The zero-order valence-corrected chi connectivity index (χ0v) is 18.8. The Hall–Kier alpha value is -4.31. The van der Waals surface area contributed by atoms with Crippen molar-refractivity contribution in [3.63, 3.8) is 0 Å². The van der Waals surface area contributed by atoms with Gasteiger partial charge in [0.2, 0.25) is 0 Å². The highest BCUT2D eigenvalue weighted by atomic mass is 32.2. The van der Waals surface area contributed by atoms with E-state index >= 15 is 0 Å². The van der Waals surface area contributed by atoms with E-state index in [1.807, 2.05) is 0 Å². The number of allylic oxidation sites excluding steroid dienone is 1. The van der Waals surface area contributed by atoms with E-state index in [-0.39, 0.29) is 21.9 Å². The van der Waals surface area contributed by atoms with Crippen LogP contribution in [0.25, 0.3) is 16.6 Å². The maximum atomic E-state index is 13.5. The number of carbonyl (C=O) groups excluding carboxylic acids is 1. The number of aromatic amines is 1. The first-order chi connectivity index (χ1) is 16.3. The third kappa shape index (κ3) is 4.57. The fourth-order valence-corrected chi connectivity index (χ4v) is 4.51. The molecule has 34 heavy (non-hydrogen) atoms. The summed E-state index contributed by atoms with van der Waals surface area (Å²) in [5.74, 6) is -1.00. The van der Waals surface area contributed by atoms with Crippen LogP contribution in [-0.2, 0) is 10.0 Å². The normalized spacial score (nSPS) is 12.4. The molecule has 0 atom stereocenters. The first-order valence-corrected chi connectivity index (χ1v) is 11.6. The van der Waals surface area contributed by atoms with Crippen molar-refractivity contribution in [1.82, 2.24) is 9.97 Å². The number of aliphatic imine (C=N–C) groups is 1. The van der Waals surface area contributed by atoms with Crippen molar-refractivity contribution in [3.05, 3.63) is 95.7 Å². The van der Waals surface area contributed by atoms with Gasteiger partial charge in [-0.15, -0.1) is 0 Å². The third-order valence-electron chi connectivity index (χ3n) is 5.04. The summed E-state index contributed by atoms with van der Waals surface area (Å²) >= 11 is 0. The average molecular weight is 478 g/mol. The van der Waals surface area contributed by atoms with Crippen LogP contribution in [0.5, 0.6) is 0 Å². The van der Waals surface area contributed by atoms with E-state index in [0.29, 0.717) is 27.7 Å². The molecule has 4 N–H and O–H groups in total. The standard InChI is InChI=1S/C24H20FN5O3S/c1-27-12-17(11-26)16-9-21-22(14-29-24(21)28-13-16)23(31)15-4-2-6-19(8-15)30-34(32,33)20-7-3-5-18(25)10-20/h2-14,30H,26H2,1H3,(H,28,29). The Balaban J connectivity index is 1.67. The Morgan fingerprint density at radius 2 is 1.94 bits per heavy atom. The number of nitrogens with one attached hydrogen (secondary N) is 2. The number of anilines is 1. The summed E-state index contributed by atoms with van der Waals surface area (Å²) in [5.41, 5.74) is 8.32. The molecule has 0 saturated carbocycles. The molecule has 0 aliphatic heterocycles. The second-order valence-corrected chi connectivity index (χ2v) is 8.99. The van der Waals surface area contributed by atoms with Crippen molar-refractivity contribution in [2.24, 2.45) is 10.7 Å². The maximum absolute atomic E-state index is 13.5. The molecule has 4 rings (SSSR count). The van der Waals surface area contributed by atoms with Gasteiger partial charge in [-0.3, -0.25) is 14.5 Å². The number of sulfonamides is 1. The van der Waals surface area contributed by atoms with Gasteiger partial charge in [0, 0.05) is 65.2 Å². The zero-order valence-electron chi connectivity index (χ0n) is 18.0. The number of carbonyl (C=O) groups is 1. The Morgan fingerprint density at radius 1 is 1.15 bits per heavy atom. The highest BCUT2D eigenvalue weighted by Gasteiger charge is 2.19. The third-order valence-corrected chi connectivity index (χ3v) is 6.42. The molecule has 8 nitrogen and oxygen atoms in total. The van der Waals surface area contributed by atoms with Crippen LogP contribution in [0, 0.1) is 5.82 Å². The molecule has 172 valence electrons. The number of nitrogens with zero attached hydrogens (tertiary/aromatic N) is 2. The smallest absolute Gasteiger partial charge is 0.261 e. The largest absolute Gasteiger partial charge is 0.404 e. The van der Waals surface area contributed by atoms with Crippen LogP contribution in [0.2, 0.25) is 0 Å². The lowest BCUT2D eigenvalue weighted by atomic mass is 10.0. The number of fused-ring (bicyclic) bond motifs is 1. The van der Waals surface area contributed by atoms with Crippen LogP contribution in [0.4, 0.5) is 10.1 Å². The van der Waals surface area contributed by atoms with Crippen LogP contribution in [-0.4, -0.2) is 37.4 Å². The number of H-pyrrole nitrogens is 1. The summed E-state index contributed by atoms with van der Waals surface area (Å²) in [5, 5.41) is 0.581. The van der Waals surface area contributed by atoms with E-state index in [1.54, 1.807) is 43.9 Å². The number of ketones is 1. The van der Waals surface area contributed by atoms with Crippen LogP contribution in [0.3, 0.4) is 0 Å². The highest BCUT2D eigenvalue weighted by Crippen LogP contribution is 2.25. The molecular formula is C24H20FN5O3S. The van der Waals surface area contributed by atoms with E-state index in [0.717, 1.165) is 12.1 Å². The van der Waals surface area contributed by atoms with Gasteiger partial charge in [0.25, 0.3) is 10.0 Å². The van der Waals surface area contributed by atoms with Crippen molar-refractivity contribution in [1.29, 1.82) is 0 Å². The molecule has 0 saturated heterocycles. The number of halogens is 1. The summed E-state index contributed by atoms with van der Waals surface area (Å²) < 4.78 is 41.1. The van der Waals surface area contributed by atoms with Gasteiger partial charge >= 0.3 is 0 Å². The molecule has 0 spiro atoms. The van der Waals surface area contributed by atoms with E-state index in [1.165, 1.54) is 30.5 Å². The lowest BCUT2D eigenvalue weighted by Crippen LogP contribution is -2.13. The molecule has 0 amide bonds. The minimum Gasteiger partial charge on any atom is -0.404 e.